The quantitative estimate of drug-likeness (QED) is 0.464. The second-order valence-corrected chi connectivity index (χ2v) is 11.2. The molecule has 1 heteroatoms. The van der Waals surface area contributed by atoms with Crippen molar-refractivity contribution in [1.82, 2.24) is 0 Å². The molecule has 2 unspecified atom stereocenters. The lowest BCUT2D eigenvalue weighted by Gasteiger charge is -2.44. The molecule has 0 saturated carbocycles. The van der Waals surface area contributed by atoms with Crippen molar-refractivity contribution in [1.29, 1.82) is 0 Å². The van der Waals surface area contributed by atoms with Crippen molar-refractivity contribution in [3.8, 4) is 0 Å². The van der Waals surface area contributed by atoms with Crippen LogP contribution in [0.4, 0.5) is 0 Å². The van der Waals surface area contributed by atoms with Gasteiger partial charge in [0.25, 0.3) is 0 Å². The summed E-state index contributed by atoms with van der Waals surface area (Å²) in [5.41, 5.74) is 1.47. The van der Waals surface area contributed by atoms with Gasteiger partial charge in [-0.15, -0.1) is 0 Å². The van der Waals surface area contributed by atoms with Crippen molar-refractivity contribution in [2.24, 2.45) is 5.41 Å². The summed E-state index contributed by atoms with van der Waals surface area (Å²) in [6.45, 7) is 14.9. The highest BCUT2D eigenvalue weighted by Crippen LogP contribution is 2.60. The van der Waals surface area contributed by atoms with E-state index in [0.717, 1.165) is 5.66 Å². The van der Waals surface area contributed by atoms with Crippen molar-refractivity contribution in [2.45, 2.75) is 90.9 Å². The topological polar surface area (TPSA) is 0 Å². The van der Waals surface area contributed by atoms with Crippen LogP contribution in [0.15, 0.2) is 0 Å². The predicted octanol–water partition coefficient (Wildman–Crippen LogP) is 6.04. The number of rotatable bonds is 0. The van der Waals surface area contributed by atoms with Crippen LogP contribution in [0.2, 0.25) is 0 Å². The fourth-order valence-corrected chi connectivity index (χ4v) is 7.08. The highest BCUT2D eigenvalue weighted by molar-refractivity contribution is 7.60. The molecule has 1 aliphatic heterocycles. The maximum absolute atomic E-state index is 2.48. The van der Waals surface area contributed by atoms with Crippen LogP contribution in [0.3, 0.4) is 0 Å². The zero-order valence-corrected chi connectivity index (χ0v) is 13.9. The molecule has 17 heavy (non-hydrogen) atoms. The zero-order chi connectivity index (χ0) is 13.1. The molecule has 1 rings (SSSR count). The monoisotopic (exact) mass is 256 g/mol. The van der Waals surface area contributed by atoms with Crippen LogP contribution in [-0.2, 0) is 0 Å². The molecule has 1 aliphatic rings. The summed E-state index contributed by atoms with van der Waals surface area (Å²) < 4.78 is 0. The van der Waals surface area contributed by atoms with Crippen LogP contribution in [0.25, 0.3) is 0 Å². The van der Waals surface area contributed by atoms with E-state index in [-0.39, 0.29) is 7.92 Å². The Morgan fingerprint density at radius 1 is 0.765 bits per heavy atom. The fourth-order valence-electron chi connectivity index (χ4n) is 3.17. The van der Waals surface area contributed by atoms with E-state index in [1.165, 1.54) is 44.7 Å². The lowest BCUT2D eigenvalue weighted by atomic mass is 9.88. The van der Waals surface area contributed by atoms with Gasteiger partial charge in [0.15, 0.2) is 0 Å². The van der Waals surface area contributed by atoms with E-state index in [4.69, 9.17) is 0 Å². The summed E-state index contributed by atoms with van der Waals surface area (Å²) >= 11 is 0. The highest BCUT2D eigenvalue weighted by Gasteiger charge is 2.37. The Balaban J connectivity index is 2.88. The third kappa shape index (κ3) is 4.90. The normalized spacial score (nSPS) is 29.3. The first-order valence-electron chi connectivity index (χ1n) is 7.49. The van der Waals surface area contributed by atoms with Crippen LogP contribution in [-0.4, -0.2) is 17.0 Å². The molecule has 0 aromatic heterocycles. The summed E-state index contributed by atoms with van der Waals surface area (Å²) in [5.74, 6) is 0. The minimum absolute atomic E-state index is 0.175. The molecule has 0 aromatic carbocycles. The lowest BCUT2D eigenvalue weighted by Crippen LogP contribution is -2.32. The van der Waals surface area contributed by atoms with Gasteiger partial charge in [0.2, 0.25) is 0 Å². The Morgan fingerprint density at radius 2 is 1.29 bits per heavy atom. The van der Waals surface area contributed by atoms with E-state index in [1.807, 2.05) is 0 Å². The minimum Gasteiger partial charge on any atom is -0.0975 e. The summed E-state index contributed by atoms with van der Waals surface area (Å²) in [6, 6.07) is 0. The number of hydrogen-bond donors (Lipinski definition) is 0. The van der Waals surface area contributed by atoms with Crippen molar-refractivity contribution in [3.05, 3.63) is 0 Å². The van der Waals surface area contributed by atoms with Crippen LogP contribution in [0.1, 0.15) is 80.1 Å². The van der Waals surface area contributed by atoms with Gasteiger partial charge >= 0.3 is 0 Å². The van der Waals surface area contributed by atoms with Crippen molar-refractivity contribution in [2.75, 3.05) is 6.16 Å². The summed E-state index contributed by atoms with van der Waals surface area (Å²) in [5, 5.41) is 0.539. The molecule has 102 valence electrons. The predicted molar refractivity (Wildman–Crippen MR) is 82.5 cm³/mol. The highest BCUT2D eigenvalue weighted by atomic mass is 31.1. The van der Waals surface area contributed by atoms with Crippen LogP contribution in [0.5, 0.6) is 0 Å². The summed E-state index contributed by atoms with van der Waals surface area (Å²) in [4.78, 5) is 0. The maximum Gasteiger partial charge on any atom is -0.0156 e. The standard InChI is InChI=1S/C16H33P/c1-15(2,3)14-12-10-8-7-9-11-13-17(14)16(4,5)6/h14H,7-13H2,1-6H3. The number of hydrogen-bond acceptors (Lipinski definition) is 0. The largest absolute Gasteiger partial charge is 0.0975 e. The van der Waals surface area contributed by atoms with Crippen molar-refractivity contribution in [3.63, 3.8) is 0 Å². The molecule has 0 amide bonds. The van der Waals surface area contributed by atoms with Gasteiger partial charge in [0.05, 0.1) is 0 Å². The van der Waals surface area contributed by atoms with Gasteiger partial charge in [-0.05, 0) is 35.2 Å². The van der Waals surface area contributed by atoms with Gasteiger partial charge in [0.1, 0.15) is 0 Å². The second kappa shape index (κ2) is 6.05. The minimum atomic E-state index is 0.175. The Hall–Kier alpha value is 0.430. The first-order valence-corrected chi connectivity index (χ1v) is 9.09. The van der Waals surface area contributed by atoms with E-state index < -0.39 is 0 Å². The Kier molecular flexibility index (Phi) is 5.51. The lowest BCUT2D eigenvalue weighted by molar-refractivity contribution is 0.363. The maximum atomic E-state index is 2.48. The molecule has 0 bridgehead atoms. The van der Waals surface area contributed by atoms with Gasteiger partial charge in [-0.1, -0.05) is 75.1 Å². The van der Waals surface area contributed by atoms with Crippen molar-refractivity contribution < 1.29 is 0 Å². The summed E-state index contributed by atoms with van der Waals surface area (Å²) in [6.07, 6.45) is 10.4. The second-order valence-electron chi connectivity index (χ2n) is 7.80. The van der Waals surface area contributed by atoms with E-state index in [2.05, 4.69) is 41.5 Å². The Morgan fingerprint density at radius 3 is 1.82 bits per heavy atom. The summed E-state index contributed by atoms with van der Waals surface area (Å²) in [7, 11) is 0.175. The molecule has 0 aromatic rings. The van der Waals surface area contributed by atoms with Gasteiger partial charge < -0.3 is 0 Å². The average molecular weight is 256 g/mol. The molecule has 2 atom stereocenters. The van der Waals surface area contributed by atoms with Gasteiger partial charge in [-0.25, -0.2) is 0 Å². The van der Waals surface area contributed by atoms with Gasteiger partial charge in [0, 0.05) is 0 Å². The molecule has 1 heterocycles. The molecule has 0 spiro atoms. The SMILES string of the molecule is CC(C)(C)C1CCCCCCCP1C(C)(C)C. The first kappa shape index (κ1) is 15.5. The Labute approximate surface area is 111 Å². The Bertz CT molecular complexity index is 195. The van der Waals surface area contributed by atoms with E-state index in [0.29, 0.717) is 10.6 Å². The smallest absolute Gasteiger partial charge is 0.0156 e. The van der Waals surface area contributed by atoms with E-state index in [1.54, 1.807) is 0 Å². The first-order chi connectivity index (χ1) is 7.73. The molecule has 1 fully saturated rings. The van der Waals surface area contributed by atoms with Crippen LogP contribution < -0.4 is 0 Å². The van der Waals surface area contributed by atoms with Crippen LogP contribution >= 0.6 is 7.92 Å². The van der Waals surface area contributed by atoms with Crippen molar-refractivity contribution >= 4 is 7.92 Å². The molecule has 0 aliphatic carbocycles. The zero-order valence-electron chi connectivity index (χ0n) is 13.0. The molecule has 0 nitrogen and oxygen atoms in total. The molecular formula is C16H33P. The third-order valence-electron chi connectivity index (χ3n) is 4.11. The van der Waals surface area contributed by atoms with E-state index in [9.17, 15) is 0 Å². The third-order valence-corrected chi connectivity index (χ3v) is 8.42. The van der Waals surface area contributed by atoms with Gasteiger partial charge in [-0.3, -0.25) is 0 Å². The van der Waals surface area contributed by atoms with Crippen LogP contribution in [0, 0.1) is 5.41 Å². The van der Waals surface area contributed by atoms with E-state index >= 15 is 0 Å². The van der Waals surface area contributed by atoms with Gasteiger partial charge in [-0.2, -0.15) is 0 Å². The molecule has 0 N–H and O–H groups in total. The molecular weight excluding hydrogens is 223 g/mol. The molecule has 1 saturated heterocycles. The average Bonchev–Trinajstić information content (AvgIpc) is 2.25. The molecule has 0 radical (unpaired) electrons. The fraction of sp³-hybridized carbons (Fsp3) is 1.00.